The van der Waals surface area contributed by atoms with E-state index in [1.165, 1.54) is 32.2 Å². The summed E-state index contributed by atoms with van der Waals surface area (Å²) >= 11 is 0. The molecule has 3 aromatic rings. The summed E-state index contributed by atoms with van der Waals surface area (Å²) in [6.45, 7) is 1.50. The number of para-hydroxylation sites is 1. The van der Waals surface area contributed by atoms with E-state index in [4.69, 9.17) is 13.9 Å². The first-order valence-corrected chi connectivity index (χ1v) is 10.8. The van der Waals surface area contributed by atoms with Crippen molar-refractivity contribution in [3.05, 3.63) is 48.0 Å². The fourth-order valence-corrected chi connectivity index (χ4v) is 4.52. The summed E-state index contributed by atoms with van der Waals surface area (Å²) in [6.07, 6.45) is -0.0432. The van der Waals surface area contributed by atoms with Crippen LogP contribution in [0.5, 0.6) is 11.5 Å². The highest BCUT2D eigenvalue weighted by molar-refractivity contribution is 7.91. The van der Waals surface area contributed by atoms with Gasteiger partial charge in [-0.3, -0.25) is 9.52 Å². The smallest absolute Gasteiger partial charge is 0.336 e. The van der Waals surface area contributed by atoms with E-state index in [1.807, 2.05) is 10.8 Å². The summed E-state index contributed by atoms with van der Waals surface area (Å²) < 4.78 is 43.0. The van der Waals surface area contributed by atoms with Crippen molar-refractivity contribution in [3.8, 4) is 34.4 Å². The zero-order valence-electron chi connectivity index (χ0n) is 16.5. The van der Waals surface area contributed by atoms with Gasteiger partial charge in [-0.1, -0.05) is 25.1 Å². The minimum Gasteiger partial charge on any atom is -0.496 e. The molecule has 10 nitrogen and oxygen atoms in total. The summed E-state index contributed by atoms with van der Waals surface area (Å²) in [4.78, 5) is 23.8. The van der Waals surface area contributed by atoms with E-state index < -0.39 is 27.1 Å². The summed E-state index contributed by atoms with van der Waals surface area (Å²) in [5.41, 5.74) is 1.15. The lowest BCUT2D eigenvalue weighted by atomic mass is 10.1. The van der Waals surface area contributed by atoms with Crippen LogP contribution in [0.4, 0.5) is 0 Å². The third kappa shape index (κ3) is 3.75. The maximum absolute atomic E-state index is 12.5. The number of carbonyl (C=O) groups is 2. The van der Waals surface area contributed by atoms with E-state index in [0.717, 1.165) is 0 Å². The second kappa shape index (κ2) is 7.84. The van der Waals surface area contributed by atoms with Crippen LogP contribution in [0.3, 0.4) is 0 Å². The topological polar surface area (TPSA) is 138 Å². The number of methoxy groups -OCH3 is 1. The number of carbonyl (C=O) groups excluding carboxylic acids is 2. The number of esters is 1. The maximum atomic E-state index is 12.5. The maximum Gasteiger partial charge on any atom is 0.336 e. The van der Waals surface area contributed by atoms with E-state index in [1.54, 1.807) is 18.2 Å². The number of hydrogen-bond acceptors (Lipinski definition) is 9. The van der Waals surface area contributed by atoms with Crippen molar-refractivity contribution in [1.29, 1.82) is 0 Å². The van der Waals surface area contributed by atoms with Gasteiger partial charge in [0.2, 0.25) is 17.0 Å². The Bertz CT molecular complexity index is 1280. The number of nitrogens with zero attached hydrogens (tertiary/aromatic N) is 2. The molecule has 1 atom stereocenters. The van der Waals surface area contributed by atoms with Gasteiger partial charge in [-0.2, -0.15) is 0 Å². The summed E-state index contributed by atoms with van der Waals surface area (Å²) in [7, 11) is -2.76. The van der Waals surface area contributed by atoms with Gasteiger partial charge in [0.25, 0.3) is 15.9 Å². The Kier molecular flexibility index (Phi) is 5.19. The highest BCUT2D eigenvalue weighted by Crippen LogP contribution is 2.40. The quantitative estimate of drug-likeness (QED) is 0.449. The molecule has 1 amide bonds. The molecule has 0 fully saturated rings. The molecule has 11 heteroatoms. The Hall–Kier alpha value is -3.73. The lowest BCUT2D eigenvalue weighted by Gasteiger charge is -2.10. The Morgan fingerprint density at radius 1 is 1.16 bits per heavy atom. The number of hydrogen-bond donors (Lipinski definition) is 1. The molecule has 0 aliphatic carbocycles. The summed E-state index contributed by atoms with van der Waals surface area (Å²) in [5, 5.41) is 6.40. The van der Waals surface area contributed by atoms with E-state index in [2.05, 4.69) is 10.2 Å². The second-order valence-corrected chi connectivity index (χ2v) is 8.36. The fourth-order valence-electron chi connectivity index (χ4n) is 3.11. The third-order valence-electron chi connectivity index (χ3n) is 4.62. The number of ether oxygens (including phenoxy) is 2. The molecule has 160 valence electrons. The van der Waals surface area contributed by atoms with Crippen molar-refractivity contribution >= 4 is 21.9 Å². The Labute approximate surface area is 177 Å². The molecule has 2 heterocycles. The fraction of sp³-hybridized carbons (Fsp3) is 0.200. The molecule has 1 N–H and O–H groups in total. The number of benzene rings is 2. The molecule has 31 heavy (non-hydrogen) atoms. The second-order valence-electron chi connectivity index (χ2n) is 6.59. The lowest BCUT2D eigenvalue weighted by molar-refractivity contribution is -0.132. The van der Waals surface area contributed by atoms with Crippen LogP contribution >= 0.6 is 0 Å². The number of sulfonamides is 1. The molecule has 2 aromatic carbocycles. The SMILES string of the molecule is CCC(=O)NS(=O)(=O)C1C(=O)Oc2cc(-c3nnc(-c4ccccc4OC)o3)ccc21. The monoisotopic (exact) mass is 443 g/mol. The Balaban J connectivity index is 1.66. The minimum atomic E-state index is -4.29. The van der Waals surface area contributed by atoms with Gasteiger partial charge in [-0.05, 0) is 24.3 Å². The van der Waals surface area contributed by atoms with E-state index in [9.17, 15) is 18.0 Å². The van der Waals surface area contributed by atoms with Gasteiger partial charge in [-0.15, -0.1) is 10.2 Å². The highest BCUT2D eigenvalue weighted by atomic mass is 32.2. The molecule has 1 aromatic heterocycles. The zero-order valence-corrected chi connectivity index (χ0v) is 17.3. The van der Waals surface area contributed by atoms with E-state index in [0.29, 0.717) is 16.9 Å². The molecule has 0 saturated heterocycles. The van der Waals surface area contributed by atoms with Crippen LogP contribution < -0.4 is 14.2 Å². The molecule has 0 radical (unpaired) electrons. The molecule has 0 spiro atoms. The third-order valence-corrected chi connectivity index (χ3v) is 6.20. The first-order chi connectivity index (χ1) is 14.8. The predicted molar refractivity (Wildman–Crippen MR) is 107 cm³/mol. The summed E-state index contributed by atoms with van der Waals surface area (Å²) in [5.74, 6) is -0.740. The van der Waals surface area contributed by atoms with Gasteiger partial charge in [-0.25, -0.2) is 13.2 Å². The van der Waals surface area contributed by atoms with Crippen molar-refractivity contribution in [2.45, 2.75) is 18.6 Å². The van der Waals surface area contributed by atoms with Gasteiger partial charge < -0.3 is 13.9 Å². The average Bonchev–Trinajstić information content (AvgIpc) is 3.36. The molecular formula is C20H17N3O7S. The van der Waals surface area contributed by atoms with Crippen LogP contribution in [-0.2, 0) is 19.6 Å². The van der Waals surface area contributed by atoms with Crippen molar-refractivity contribution in [1.82, 2.24) is 14.9 Å². The van der Waals surface area contributed by atoms with Gasteiger partial charge in [0.15, 0.2) is 0 Å². The number of aromatic nitrogens is 2. The van der Waals surface area contributed by atoms with Crippen LogP contribution in [0.2, 0.25) is 0 Å². The van der Waals surface area contributed by atoms with Gasteiger partial charge >= 0.3 is 5.97 Å². The number of fused-ring (bicyclic) bond motifs is 1. The molecule has 0 saturated carbocycles. The van der Waals surface area contributed by atoms with E-state index in [-0.39, 0.29) is 29.5 Å². The Morgan fingerprint density at radius 2 is 1.90 bits per heavy atom. The molecule has 4 rings (SSSR count). The van der Waals surface area contributed by atoms with Gasteiger partial charge in [0, 0.05) is 17.5 Å². The normalized spacial score (nSPS) is 15.3. The minimum absolute atomic E-state index is 0.0406. The molecule has 1 aliphatic heterocycles. The van der Waals surface area contributed by atoms with E-state index >= 15 is 0 Å². The van der Waals surface area contributed by atoms with Crippen molar-refractivity contribution in [2.75, 3.05) is 7.11 Å². The van der Waals surface area contributed by atoms with Crippen LogP contribution in [0.25, 0.3) is 22.9 Å². The van der Waals surface area contributed by atoms with Crippen LogP contribution in [0.15, 0.2) is 46.9 Å². The standard InChI is InChI=1S/C20H17N3O7S/c1-3-16(24)23-31(26,27)17-12-9-8-11(10-15(12)29-20(17)25)18-21-22-19(30-18)13-6-4-5-7-14(13)28-2/h4-10,17H,3H2,1-2H3,(H,23,24). The average molecular weight is 443 g/mol. The highest BCUT2D eigenvalue weighted by Gasteiger charge is 2.44. The van der Waals surface area contributed by atoms with Crippen molar-refractivity contribution in [2.24, 2.45) is 0 Å². The van der Waals surface area contributed by atoms with Crippen LogP contribution in [-0.4, -0.2) is 37.6 Å². The number of amides is 1. The number of nitrogens with one attached hydrogen (secondary N) is 1. The first kappa shape index (κ1) is 20.5. The molecular weight excluding hydrogens is 426 g/mol. The molecule has 1 unspecified atom stereocenters. The first-order valence-electron chi connectivity index (χ1n) is 9.21. The van der Waals surface area contributed by atoms with Crippen LogP contribution in [0.1, 0.15) is 24.2 Å². The molecule has 0 bridgehead atoms. The predicted octanol–water partition coefficient (Wildman–Crippen LogP) is 2.23. The Morgan fingerprint density at radius 3 is 2.65 bits per heavy atom. The van der Waals surface area contributed by atoms with Gasteiger partial charge in [0.05, 0.1) is 12.7 Å². The van der Waals surface area contributed by atoms with Crippen molar-refractivity contribution < 1.29 is 31.9 Å². The van der Waals surface area contributed by atoms with Gasteiger partial charge in [0.1, 0.15) is 11.5 Å². The summed E-state index contributed by atoms with van der Waals surface area (Å²) in [6, 6.07) is 11.5. The zero-order chi connectivity index (χ0) is 22.2. The molecule has 1 aliphatic rings. The number of rotatable bonds is 6. The largest absolute Gasteiger partial charge is 0.496 e. The van der Waals surface area contributed by atoms with Crippen molar-refractivity contribution in [3.63, 3.8) is 0 Å². The lowest BCUT2D eigenvalue weighted by Crippen LogP contribution is -2.36. The van der Waals surface area contributed by atoms with Crippen LogP contribution in [0, 0.1) is 0 Å².